The first-order valence-electron chi connectivity index (χ1n) is 17.9. The van der Waals surface area contributed by atoms with Gasteiger partial charge in [-0.3, -0.25) is 4.57 Å². The van der Waals surface area contributed by atoms with Crippen molar-refractivity contribution in [3.05, 3.63) is 176 Å². The molecule has 3 heteroatoms. The van der Waals surface area contributed by atoms with Gasteiger partial charge >= 0.3 is 0 Å². The van der Waals surface area contributed by atoms with Crippen molar-refractivity contribution in [2.45, 2.75) is 0 Å². The van der Waals surface area contributed by atoms with E-state index >= 15 is 0 Å². The second-order valence-corrected chi connectivity index (χ2v) is 14.0. The van der Waals surface area contributed by atoms with Crippen LogP contribution in [-0.4, -0.2) is 14.1 Å². The Morgan fingerprint density at radius 3 is 1.92 bits per heavy atom. The van der Waals surface area contributed by atoms with Gasteiger partial charge in [0.05, 0.1) is 27.6 Å². The third kappa shape index (κ3) is 3.72. The van der Waals surface area contributed by atoms with Gasteiger partial charge in [0.15, 0.2) is 0 Å². The van der Waals surface area contributed by atoms with Crippen LogP contribution in [0, 0.1) is 0 Å². The number of para-hydroxylation sites is 3. The third-order valence-electron chi connectivity index (χ3n) is 11.2. The van der Waals surface area contributed by atoms with E-state index in [1.807, 2.05) is 0 Å². The number of rotatable bonds is 2. The molecule has 12 rings (SSSR count). The minimum absolute atomic E-state index is 0.975. The number of nitrogens with zero attached hydrogens (tertiary/aromatic N) is 3. The first-order valence-corrected chi connectivity index (χ1v) is 17.9. The molecule has 0 N–H and O–H groups in total. The van der Waals surface area contributed by atoms with Gasteiger partial charge in [0.2, 0.25) is 0 Å². The van der Waals surface area contributed by atoms with Gasteiger partial charge in [-0.25, -0.2) is 4.98 Å². The van der Waals surface area contributed by atoms with Gasteiger partial charge in [-0.1, -0.05) is 115 Å². The van der Waals surface area contributed by atoms with Gasteiger partial charge in [0.1, 0.15) is 5.82 Å². The van der Waals surface area contributed by atoms with E-state index < -0.39 is 0 Å². The van der Waals surface area contributed by atoms with Crippen LogP contribution in [0.25, 0.3) is 110 Å². The maximum atomic E-state index is 5.43. The Bertz CT molecular complexity index is 3290. The predicted molar refractivity (Wildman–Crippen MR) is 218 cm³/mol. The number of fused-ring (bicyclic) bond motifs is 14. The Morgan fingerprint density at radius 1 is 0.365 bits per heavy atom. The molecular formula is C49H29N3. The summed E-state index contributed by atoms with van der Waals surface area (Å²) in [5.74, 6) is 0.975. The van der Waals surface area contributed by atoms with Crippen LogP contribution >= 0.6 is 0 Å². The zero-order valence-electron chi connectivity index (χ0n) is 28.1. The van der Waals surface area contributed by atoms with Crippen LogP contribution in [0.4, 0.5) is 0 Å². The smallest absolute Gasteiger partial charge is 0.146 e. The molecule has 0 radical (unpaired) electrons. The number of benzene rings is 8. The molecule has 0 atom stereocenters. The molecule has 4 heterocycles. The van der Waals surface area contributed by atoms with Crippen LogP contribution in [0.3, 0.4) is 0 Å². The fourth-order valence-electron chi connectivity index (χ4n) is 8.94. The average molecular weight is 660 g/mol. The summed E-state index contributed by atoms with van der Waals surface area (Å²) in [5, 5.41) is 8.64. The third-order valence-corrected chi connectivity index (χ3v) is 11.2. The molecule has 11 aromatic rings. The summed E-state index contributed by atoms with van der Waals surface area (Å²) in [7, 11) is 0. The highest BCUT2D eigenvalue weighted by atomic mass is 15.1. The molecule has 52 heavy (non-hydrogen) atoms. The second kappa shape index (κ2) is 10.3. The number of hydrogen-bond donors (Lipinski definition) is 0. The van der Waals surface area contributed by atoms with Crippen LogP contribution in [0.2, 0.25) is 0 Å². The zero-order valence-corrected chi connectivity index (χ0v) is 28.1. The quantitative estimate of drug-likeness (QED) is 0.181. The molecule has 0 bridgehead atoms. The lowest BCUT2D eigenvalue weighted by molar-refractivity contribution is 1.11. The molecule has 1 aliphatic rings. The van der Waals surface area contributed by atoms with Crippen molar-refractivity contribution in [2.24, 2.45) is 0 Å². The molecule has 0 saturated heterocycles. The lowest BCUT2D eigenvalue weighted by Gasteiger charge is -2.13. The maximum Gasteiger partial charge on any atom is 0.146 e. The van der Waals surface area contributed by atoms with E-state index in [9.17, 15) is 0 Å². The summed E-state index contributed by atoms with van der Waals surface area (Å²) in [6.45, 7) is 0. The van der Waals surface area contributed by atoms with Crippen molar-refractivity contribution in [3.63, 3.8) is 0 Å². The fraction of sp³-hybridized carbons (Fsp3) is 0. The Labute approximate surface area is 299 Å². The molecule has 0 amide bonds. The summed E-state index contributed by atoms with van der Waals surface area (Å²) in [6, 6.07) is 64.3. The number of pyridine rings is 1. The van der Waals surface area contributed by atoms with E-state index in [2.05, 4.69) is 185 Å². The molecule has 0 unspecified atom stereocenters. The van der Waals surface area contributed by atoms with Crippen LogP contribution in [0.5, 0.6) is 0 Å². The molecule has 3 aromatic heterocycles. The second-order valence-electron chi connectivity index (χ2n) is 14.0. The summed E-state index contributed by atoms with van der Waals surface area (Å²) in [5.41, 5.74) is 14.1. The molecule has 8 aromatic carbocycles. The standard InChI is InChI=1S/C49H29N3/c1-2-14-34(15-3-1)51-44-21-11-9-19-38(44)39-26-31(23-24-45(39)51)33-28-40-36-17-7-8-18-37(36)41-27-32-13-5-10-20-43(32)50-49(41)52-46-25-22-30-12-4-6-16-35(30)47(46)42(29-33)48(40)52/h1-29H. The van der Waals surface area contributed by atoms with Gasteiger partial charge in [0, 0.05) is 43.7 Å². The van der Waals surface area contributed by atoms with Gasteiger partial charge in [-0.15, -0.1) is 0 Å². The van der Waals surface area contributed by atoms with E-state index in [4.69, 9.17) is 4.98 Å². The fourth-order valence-corrected chi connectivity index (χ4v) is 8.94. The lowest BCUT2D eigenvalue weighted by Crippen LogP contribution is -2.00. The topological polar surface area (TPSA) is 22.8 Å². The minimum Gasteiger partial charge on any atom is -0.309 e. The van der Waals surface area contributed by atoms with Gasteiger partial charge in [-0.2, -0.15) is 0 Å². The molecule has 3 nitrogen and oxygen atoms in total. The number of hydrogen-bond acceptors (Lipinski definition) is 1. The number of aromatic nitrogens is 3. The zero-order chi connectivity index (χ0) is 33.9. The molecular weight excluding hydrogens is 631 g/mol. The van der Waals surface area contributed by atoms with E-state index in [1.54, 1.807) is 0 Å². The van der Waals surface area contributed by atoms with E-state index in [1.165, 1.54) is 87.9 Å². The molecule has 1 aliphatic heterocycles. The van der Waals surface area contributed by atoms with Crippen LogP contribution in [0.15, 0.2) is 176 Å². The van der Waals surface area contributed by atoms with E-state index in [0.29, 0.717) is 0 Å². The first kappa shape index (κ1) is 27.8. The van der Waals surface area contributed by atoms with Crippen molar-refractivity contribution in [1.29, 1.82) is 0 Å². The van der Waals surface area contributed by atoms with Crippen molar-refractivity contribution in [1.82, 2.24) is 14.1 Å². The summed E-state index contributed by atoms with van der Waals surface area (Å²) in [6.07, 6.45) is 0. The minimum atomic E-state index is 0.975. The molecule has 0 aliphatic carbocycles. The van der Waals surface area contributed by atoms with Gasteiger partial charge in [0.25, 0.3) is 0 Å². The monoisotopic (exact) mass is 659 g/mol. The van der Waals surface area contributed by atoms with Crippen molar-refractivity contribution >= 4 is 65.3 Å². The summed E-state index contributed by atoms with van der Waals surface area (Å²) < 4.78 is 4.82. The average Bonchev–Trinajstić information content (AvgIpc) is 3.69. The Morgan fingerprint density at radius 2 is 1.04 bits per heavy atom. The highest BCUT2D eigenvalue weighted by molar-refractivity contribution is 6.25. The molecule has 0 spiro atoms. The van der Waals surface area contributed by atoms with Crippen molar-refractivity contribution < 1.29 is 0 Å². The lowest BCUT2D eigenvalue weighted by atomic mass is 9.90. The van der Waals surface area contributed by atoms with Gasteiger partial charge < -0.3 is 4.57 Å². The van der Waals surface area contributed by atoms with Crippen LogP contribution < -0.4 is 0 Å². The normalized spacial score (nSPS) is 12.2. The van der Waals surface area contributed by atoms with E-state index in [-0.39, 0.29) is 0 Å². The summed E-state index contributed by atoms with van der Waals surface area (Å²) >= 11 is 0. The van der Waals surface area contributed by atoms with Gasteiger partial charge in [-0.05, 0) is 93.7 Å². The molecule has 0 saturated carbocycles. The molecule has 0 fully saturated rings. The van der Waals surface area contributed by atoms with Crippen molar-refractivity contribution in [3.8, 4) is 44.9 Å². The Balaban J connectivity index is 1.23. The highest BCUT2D eigenvalue weighted by Crippen LogP contribution is 2.49. The van der Waals surface area contributed by atoms with E-state index in [0.717, 1.165) is 22.3 Å². The first-order chi connectivity index (χ1) is 25.8. The van der Waals surface area contributed by atoms with Crippen LogP contribution in [0.1, 0.15) is 0 Å². The Hall–Kier alpha value is -6.97. The predicted octanol–water partition coefficient (Wildman–Crippen LogP) is 12.9. The highest BCUT2D eigenvalue weighted by Gasteiger charge is 2.27. The SMILES string of the molecule is c1ccc(-n2c3ccccc3c3cc(-c4cc5c6c(c4)c4c7ccccc7ccc4n6-c4nc6ccccc6cc4-c4ccccc4-5)ccc32)cc1. The van der Waals surface area contributed by atoms with Crippen molar-refractivity contribution in [2.75, 3.05) is 0 Å². The Kier molecular flexibility index (Phi) is 5.50. The molecule has 240 valence electrons. The van der Waals surface area contributed by atoms with Crippen LogP contribution in [-0.2, 0) is 0 Å². The largest absolute Gasteiger partial charge is 0.309 e. The summed E-state index contributed by atoms with van der Waals surface area (Å²) in [4.78, 5) is 5.43. The maximum absolute atomic E-state index is 5.43.